The van der Waals surface area contributed by atoms with E-state index in [2.05, 4.69) is 21.2 Å². The van der Waals surface area contributed by atoms with Gasteiger partial charge in [-0.05, 0) is 12.1 Å². The number of nitrogens with one attached hydrogen (secondary N) is 1. The molecule has 0 aliphatic carbocycles. The first-order valence-electron chi connectivity index (χ1n) is 4.60. The Balaban J connectivity index is 2.67. The molecule has 1 unspecified atom stereocenters. The summed E-state index contributed by atoms with van der Waals surface area (Å²) in [6.45, 7) is 0.591. The zero-order valence-corrected chi connectivity index (χ0v) is 11.7. The van der Waals surface area contributed by atoms with Gasteiger partial charge in [0.25, 0.3) is 0 Å². The Labute approximate surface area is 113 Å². The summed E-state index contributed by atoms with van der Waals surface area (Å²) in [6, 6.07) is 3.47. The van der Waals surface area contributed by atoms with Crippen LogP contribution in [0.15, 0.2) is 16.6 Å². The van der Waals surface area contributed by atoms with Gasteiger partial charge in [-0.3, -0.25) is 0 Å². The van der Waals surface area contributed by atoms with Gasteiger partial charge in [0.2, 0.25) is 0 Å². The Morgan fingerprint density at radius 1 is 1.44 bits per heavy atom. The Kier molecular flexibility index (Phi) is 5.86. The lowest BCUT2D eigenvalue weighted by Crippen LogP contribution is -2.24. The van der Waals surface area contributed by atoms with Crippen LogP contribution in [0.2, 0.25) is 10.0 Å². The lowest BCUT2D eigenvalue weighted by Gasteiger charge is -2.14. The maximum atomic E-state index is 9.46. The molecule has 16 heavy (non-hydrogen) atoms. The summed E-state index contributed by atoms with van der Waals surface area (Å²) in [5.74, 6) is 0. The third-order valence-corrected chi connectivity index (χ3v) is 2.93. The number of halogens is 3. The highest BCUT2D eigenvalue weighted by Gasteiger charge is 2.09. The second-order valence-electron chi connectivity index (χ2n) is 3.23. The fraction of sp³-hybridized carbons (Fsp3) is 0.400. The van der Waals surface area contributed by atoms with E-state index in [9.17, 15) is 5.11 Å². The van der Waals surface area contributed by atoms with Gasteiger partial charge in [-0.1, -0.05) is 39.1 Å². The highest BCUT2D eigenvalue weighted by atomic mass is 79.9. The van der Waals surface area contributed by atoms with E-state index in [1.807, 2.05) is 0 Å². The molecule has 6 heteroatoms. The monoisotopic (exact) mass is 327 g/mol. The number of benzene rings is 1. The maximum absolute atomic E-state index is 9.46. The third-order valence-electron chi connectivity index (χ3n) is 1.88. The molecule has 0 fully saturated rings. The second-order valence-corrected chi connectivity index (χ2v) is 4.96. The second kappa shape index (κ2) is 6.67. The minimum Gasteiger partial charge on any atom is -0.389 e. The van der Waals surface area contributed by atoms with Gasteiger partial charge in [0.05, 0.1) is 28.4 Å². The van der Waals surface area contributed by atoms with Gasteiger partial charge >= 0.3 is 0 Å². The first-order chi connectivity index (χ1) is 7.54. The Morgan fingerprint density at radius 2 is 2.00 bits per heavy atom. The number of hydrogen-bond donors (Lipinski definition) is 2. The number of rotatable bonds is 5. The van der Waals surface area contributed by atoms with E-state index < -0.39 is 6.10 Å². The van der Waals surface area contributed by atoms with Gasteiger partial charge in [0, 0.05) is 18.1 Å². The number of ether oxygens (including phenoxy) is 1. The molecule has 90 valence electrons. The van der Waals surface area contributed by atoms with E-state index in [-0.39, 0.29) is 6.61 Å². The van der Waals surface area contributed by atoms with E-state index >= 15 is 0 Å². The molecule has 3 nitrogen and oxygen atoms in total. The number of aliphatic hydroxyl groups excluding tert-OH is 1. The van der Waals surface area contributed by atoms with Crippen molar-refractivity contribution in [1.29, 1.82) is 0 Å². The summed E-state index contributed by atoms with van der Waals surface area (Å²) in [5.41, 5.74) is 0.613. The summed E-state index contributed by atoms with van der Waals surface area (Å²) in [6.07, 6.45) is -0.596. The number of hydrogen-bond acceptors (Lipinski definition) is 3. The van der Waals surface area contributed by atoms with Crippen molar-refractivity contribution >= 4 is 44.8 Å². The number of methoxy groups -OCH3 is 1. The normalized spacial score (nSPS) is 12.6. The minimum atomic E-state index is -0.596. The van der Waals surface area contributed by atoms with Crippen LogP contribution in [0.25, 0.3) is 0 Å². The van der Waals surface area contributed by atoms with Crippen molar-refractivity contribution in [2.45, 2.75) is 6.10 Å². The molecule has 0 radical (unpaired) electrons. The summed E-state index contributed by atoms with van der Waals surface area (Å²) in [5, 5.41) is 13.4. The van der Waals surface area contributed by atoms with Gasteiger partial charge in [-0.2, -0.15) is 0 Å². The molecule has 1 rings (SSSR count). The van der Waals surface area contributed by atoms with E-state index in [1.54, 1.807) is 12.1 Å². The average molecular weight is 329 g/mol. The van der Waals surface area contributed by atoms with Gasteiger partial charge in [-0.25, -0.2) is 0 Å². The fourth-order valence-electron chi connectivity index (χ4n) is 1.18. The van der Waals surface area contributed by atoms with Gasteiger partial charge < -0.3 is 15.2 Å². The van der Waals surface area contributed by atoms with Crippen LogP contribution in [0, 0.1) is 0 Å². The quantitative estimate of drug-likeness (QED) is 0.872. The van der Waals surface area contributed by atoms with Crippen LogP contribution in [0.3, 0.4) is 0 Å². The van der Waals surface area contributed by atoms with Crippen LogP contribution in [0.5, 0.6) is 0 Å². The Morgan fingerprint density at radius 3 is 2.50 bits per heavy atom. The summed E-state index contributed by atoms with van der Waals surface area (Å²) in [7, 11) is 1.53. The van der Waals surface area contributed by atoms with Crippen molar-refractivity contribution in [1.82, 2.24) is 0 Å². The molecule has 2 N–H and O–H groups in total. The molecule has 0 saturated heterocycles. The van der Waals surface area contributed by atoms with Crippen LogP contribution in [-0.2, 0) is 4.74 Å². The number of aliphatic hydroxyl groups is 1. The topological polar surface area (TPSA) is 41.5 Å². The smallest absolute Gasteiger partial charge is 0.0945 e. The maximum Gasteiger partial charge on any atom is 0.0945 e. The molecule has 0 amide bonds. The molecule has 0 bridgehead atoms. The largest absolute Gasteiger partial charge is 0.389 e. The molecule has 0 spiro atoms. The van der Waals surface area contributed by atoms with Crippen molar-refractivity contribution in [3.05, 3.63) is 26.7 Å². The van der Waals surface area contributed by atoms with Crippen molar-refractivity contribution < 1.29 is 9.84 Å². The lowest BCUT2D eigenvalue weighted by atomic mass is 10.3. The zero-order valence-electron chi connectivity index (χ0n) is 8.64. The first-order valence-corrected chi connectivity index (χ1v) is 6.15. The third kappa shape index (κ3) is 4.11. The van der Waals surface area contributed by atoms with Gasteiger partial charge in [0.1, 0.15) is 0 Å². The standard InChI is InChI=1S/C10H12BrCl2NO2/c1-16-5-7(15)4-14-10-8(12)2-6(11)3-9(10)13/h2-3,7,14-15H,4-5H2,1H3. The van der Waals surface area contributed by atoms with Crippen LogP contribution >= 0.6 is 39.1 Å². The molecule has 0 aromatic heterocycles. The van der Waals surface area contributed by atoms with Crippen LogP contribution in [0.1, 0.15) is 0 Å². The molecular weight excluding hydrogens is 317 g/mol. The zero-order chi connectivity index (χ0) is 12.1. The van der Waals surface area contributed by atoms with Crippen LogP contribution < -0.4 is 5.32 Å². The molecular formula is C10H12BrCl2NO2. The SMILES string of the molecule is COCC(O)CNc1c(Cl)cc(Br)cc1Cl. The minimum absolute atomic E-state index is 0.263. The molecule has 0 heterocycles. The predicted molar refractivity (Wildman–Crippen MR) is 70.5 cm³/mol. The highest BCUT2D eigenvalue weighted by Crippen LogP contribution is 2.33. The summed E-state index contributed by atoms with van der Waals surface area (Å²) >= 11 is 15.3. The molecule has 0 saturated carbocycles. The fourth-order valence-corrected chi connectivity index (χ4v) is 2.52. The van der Waals surface area contributed by atoms with Crippen molar-refractivity contribution in [3.8, 4) is 0 Å². The van der Waals surface area contributed by atoms with E-state index in [1.165, 1.54) is 7.11 Å². The number of anilines is 1. The van der Waals surface area contributed by atoms with E-state index in [0.29, 0.717) is 22.3 Å². The van der Waals surface area contributed by atoms with Crippen molar-refractivity contribution in [3.63, 3.8) is 0 Å². The van der Waals surface area contributed by atoms with E-state index in [0.717, 1.165) is 4.47 Å². The van der Waals surface area contributed by atoms with Crippen molar-refractivity contribution in [2.75, 3.05) is 25.6 Å². The van der Waals surface area contributed by atoms with Gasteiger partial charge in [-0.15, -0.1) is 0 Å². The predicted octanol–water partition coefficient (Wildman–Crippen LogP) is 3.18. The molecule has 1 atom stereocenters. The molecule has 0 aliphatic rings. The van der Waals surface area contributed by atoms with E-state index in [4.69, 9.17) is 27.9 Å². The van der Waals surface area contributed by atoms with Crippen LogP contribution in [-0.4, -0.2) is 31.5 Å². The Bertz CT molecular complexity index is 340. The molecule has 1 aromatic rings. The molecule has 1 aromatic carbocycles. The van der Waals surface area contributed by atoms with Gasteiger partial charge in [0.15, 0.2) is 0 Å². The summed E-state index contributed by atoms with van der Waals surface area (Å²) in [4.78, 5) is 0. The average Bonchev–Trinajstić information content (AvgIpc) is 2.16. The Hall–Kier alpha value is -0.0000000000000000555. The molecule has 0 aliphatic heterocycles. The van der Waals surface area contributed by atoms with Crippen molar-refractivity contribution in [2.24, 2.45) is 0 Å². The lowest BCUT2D eigenvalue weighted by molar-refractivity contribution is 0.0727. The summed E-state index contributed by atoms with van der Waals surface area (Å²) < 4.78 is 5.62. The first kappa shape index (κ1) is 14.1. The highest BCUT2D eigenvalue weighted by molar-refractivity contribution is 9.10. The van der Waals surface area contributed by atoms with Crippen LogP contribution in [0.4, 0.5) is 5.69 Å².